The molecule has 0 saturated carbocycles. The minimum absolute atomic E-state index is 0.570. The van der Waals surface area contributed by atoms with E-state index in [1.165, 1.54) is 4.70 Å². The molecule has 0 fully saturated rings. The van der Waals surface area contributed by atoms with Gasteiger partial charge in [0.15, 0.2) is 5.13 Å². The Morgan fingerprint density at radius 1 is 1.44 bits per heavy atom. The Kier molecular flexibility index (Phi) is 4.43. The summed E-state index contributed by atoms with van der Waals surface area (Å²) < 4.78 is 1.17. The highest BCUT2D eigenvalue weighted by Crippen LogP contribution is 2.27. The van der Waals surface area contributed by atoms with Crippen molar-refractivity contribution in [3.05, 3.63) is 23.2 Å². The van der Waals surface area contributed by atoms with E-state index >= 15 is 0 Å². The average Bonchev–Trinajstić information content (AvgIpc) is 2.70. The topological polar surface area (TPSA) is 28.2 Å². The van der Waals surface area contributed by atoms with E-state index in [-0.39, 0.29) is 0 Å². The zero-order valence-electron chi connectivity index (χ0n) is 10.9. The summed E-state index contributed by atoms with van der Waals surface area (Å²) in [6, 6.07) is 6.39. The van der Waals surface area contributed by atoms with Gasteiger partial charge in [0.25, 0.3) is 0 Å². The zero-order valence-corrected chi connectivity index (χ0v) is 12.5. The van der Waals surface area contributed by atoms with Gasteiger partial charge in [0.2, 0.25) is 0 Å². The van der Waals surface area contributed by atoms with Gasteiger partial charge in [-0.25, -0.2) is 4.98 Å². The van der Waals surface area contributed by atoms with Crippen molar-refractivity contribution in [2.24, 2.45) is 0 Å². The predicted molar refractivity (Wildman–Crippen MR) is 80.9 cm³/mol. The van der Waals surface area contributed by atoms with Crippen LogP contribution in [0, 0.1) is 0 Å². The number of likely N-dealkylation sites (N-methyl/N-ethyl adjacent to an activating group) is 1. The van der Waals surface area contributed by atoms with Crippen molar-refractivity contribution in [3.8, 4) is 0 Å². The number of nitrogens with one attached hydrogen (secondary N) is 1. The lowest BCUT2D eigenvalue weighted by molar-refractivity contribution is 0.284. The van der Waals surface area contributed by atoms with Crippen LogP contribution in [0.2, 0.25) is 5.02 Å². The van der Waals surface area contributed by atoms with Crippen molar-refractivity contribution in [2.75, 3.05) is 25.5 Å². The molecular weight excluding hydrogens is 266 g/mol. The van der Waals surface area contributed by atoms with Crippen molar-refractivity contribution in [1.82, 2.24) is 9.88 Å². The van der Waals surface area contributed by atoms with Gasteiger partial charge in [-0.05, 0) is 39.1 Å². The molecule has 0 radical (unpaired) electrons. The van der Waals surface area contributed by atoms with Gasteiger partial charge in [0, 0.05) is 24.2 Å². The number of halogens is 1. The summed E-state index contributed by atoms with van der Waals surface area (Å²) in [6.07, 6.45) is 0. The smallest absolute Gasteiger partial charge is 0.183 e. The van der Waals surface area contributed by atoms with E-state index in [1.54, 1.807) is 11.3 Å². The Morgan fingerprint density at radius 3 is 2.94 bits per heavy atom. The highest BCUT2D eigenvalue weighted by atomic mass is 35.5. The third-order valence-corrected chi connectivity index (χ3v) is 4.20. The van der Waals surface area contributed by atoms with Gasteiger partial charge in [-0.3, -0.25) is 0 Å². The number of aromatic nitrogens is 1. The fourth-order valence-electron chi connectivity index (χ4n) is 1.57. The Labute approximate surface area is 117 Å². The molecule has 5 heteroatoms. The van der Waals surface area contributed by atoms with Crippen LogP contribution < -0.4 is 5.32 Å². The molecule has 0 unspecified atom stereocenters. The van der Waals surface area contributed by atoms with E-state index in [4.69, 9.17) is 11.6 Å². The van der Waals surface area contributed by atoms with Crippen LogP contribution in [0.4, 0.5) is 5.13 Å². The van der Waals surface area contributed by atoms with Crippen LogP contribution in [-0.2, 0) is 0 Å². The van der Waals surface area contributed by atoms with Crippen LogP contribution in [0.5, 0.6) is 0 Å². The van der Waals surface area contributed by atoms with Gasteiger partial charge >= 0.3 is 0 Å². The first-order valence-corrected chi connectivity index (χ1v) is 7.26. The molecule has 1 aromatic carbocycles. The number of nitrogens with zero attached hydrogens (tertiary/aromatic N) is 2. The van der Waals surface area contributed by atoms with Gasteiger partial charge in [0.05, 0.1) is 10.2 Å². The van der Waals surface area contributed by atoms with Gasteiger partial charge in [-0.15, -0.1) is 0 Å². The highest BCUT2D eigenvalue weighted by molar-refractivity contribution is 7.22. The minimum Gasteiger partial charge on any atom is -0.360 e. The first kappa shape index (κ1) is 13.6. The summed E-state index contributed by atoms with van der Waals surface area (Å²) in [7, 11) is 2.13. The standard InChI is InChI=1S/C13H18ClN3S/c1-9(2)17(3)7-6-15-13-16-11-8-10(14)4-5-12(11)18-13/h4-5,8-9H,6-7H2,1-3H3,(H,15,16). The number of anilines is 1. The number of hydrogen-bond donors (Lipinski definition) is 1. The fraction of sp³-hybridized carbons (Fsp3) is 0.462. The van der Waals surface area contributed by atoms with Gasteiger partial charge in [-0.2, -0.15) is 0 Å². The second-order valence-corrected chi connectivity index (χ2v) is 6.10. The number of hydrogen-bond acceptors (Lipinski definition) is 4. The molecule has 0 bridgehead atoms. The number of rotatable bonds is 5. The molecule has 0 amide bonds. The van der Waals surface area contributed by atoms with Crippen LogP contribution in [0.1, 0.15) is 13.8 Å². The zero-order chi connectivity index (χ0) is 13.1. The lowest BCUT2D eigenvalue weighted by atomic mass is 10.3. The molecular formula is C13H18ClN3S. The van der Waals surface area contributed by atoms with Crippen molar-refractivity contribution in [3.63, 3.8) is 0 Å². The van der Waals surface area contributed by atoms with Crippen molar-refractivity contribution >= 4 is 38.3 Å². The number of thiazole rings is 1. The summed E-state index contributed by atoms with van der Waals surface area (Å²) in [6.45, 7) is 6.30. The summed E-state index contributed by atoms with van der Waals surface area (Å²) in [5, 5.41) is 5.06. The molecule has 0 aliphatic rings. The normalized spacial score (nSPS) is 11.7. The minimum atomic E-state index is 0.570. The van der Waals surface area contributed by atoms with Gasteiger partial charge in [0.1, 0.15) is 0 Å². The molecule has 2 aromatic rings. The molecule has 0 aliphatic heterocycles. The number of benzene rings is 1. The molecule has 0 atom stereocenters. The summed E-state index contributed by atoms with van der Waals surface area (Å²) in [5.74, 6) is 0. The molecule has 98 valence electrons. The molecule has 0 saturated heterocycles. The second-order valence-electron chi connectivity index (χ2n) is 4.63. The quantitative estimate of drug-likeness (QED) is 0.907. The maximum absolute atomic E-state index is 5.95. The fourth-order valence-corrected chi connectivity index (χ4v) is 2.61. The van der Waals surface area contributed by atoms with Crippen molar-refractivity contribution in [1.29, 1.82) is 0 Å². The lowest BCUT2D eigenvalue weighted by Gasteiger charge is -2.20. The van der Waals surface area contributed by atoms with Crippen LogP contribution in [0.25, 0.3) is 10.2 Å². The predicted octanol–water partition coefficient (Wildman–Crippen LogP) is 3.70. The largest absolute Gasteiger partial charge is 0.360 e. The third-order valence-electron chi connectivity index (χ3n) is 2.97. The van der Waals surface area contributed by atoms with E-state index in [9.17, 15) is 0 Å². The van der Waals surface area contributed by atoms with E-state index in [0.29, 0.717) is 6.04 Å². The van der Waals surface area contributed by atoms with E-state index in [0.717, 1.165) is 28.8 Å². The van der Waals surface area contributed by atoms with Gasteiger partial charge in [-0.1, -0.05) is 22.9 Å². The maximum Gasteiger partial charge on any atom is 0.183 e. The molecule has 2 rings (SSSR count). The summed E-state index contributed by atoms with van der Waals surface area (Å²) >= 11 is 7.61. The Hall–Kier alpha value is -0.840. The Morgan fingerprint density at radius 2 is 2.22 bits per heavy atom. The van der Waals surface area contributed by atoms with E-state index in [1.807, 2.05) is 18.2 Å². The molecule has 0 spiro atoms. The van der Waals surface area contributed by atoms with Crippen LogP contribution >= 0.6 is 22.9 Å². The van der Waals surface area contributed by atoms with Gasteiger partial charge < -0.3 is 10.2 Å². The molecule has 0 aliphatic carbocycles. The van der Waals surface area contributed by atoms with Crippen LogP contribution in [-0.4, -0.2) is 36.1 Å². The Balaban J connectivity index is 1.96. The third kappa shape index (κ3) is 3.34. The van der Waals surface area contributed by atoms with Crippen molar-refractivity contribution < 1.29 is 0 Å². The van der Waals surface area contributed by atoms with E-state index < -0.39 is 0 Å². The van der Waals surface area contributed by atoms with Crippen LogP contribution in [0.15, 0.2) is 18.2 Å². The summed E-state index contributed by atoms with van der Waals surface area (Å²) in [4.78, 5) is 6.82. The second kappa shape index (κ2) is 5.87. The highest BCUT2D eigenvalue weighted by Gasteiger charge is 2.05. The molecule has 1 N–H and O–H groups in total. The molecule has 1 heterocycles. The summed E-state index contributed by atoms with van der Waals surface area (Å²) in [5.41, 5.74) is 0.965. The monoisotopic (exact) mass is 283 g/mol. The first-order chi connectivity index (χ1) is 8.56. The van der Waals surface area contributed by atoms with E-state index in [2.05, 4.69) is 36.1 Å². The van der Waals surface area contributed by atoms with Crippen molar-refractivity contribution in [2.45, 2.75) is 19.9 Å². The average molecular weight is 284 g/mol. The number of fused-ring (bicyclic) bond motifs is 1. The first-order valence-electron chi connectivity index (χ1n) is 6.06. The maximum atomic E-state index is 5.95. The Bertz CT molecular complexity index is 524. The van der Waals surface area contributed by atoms with Crippen LogP contribution in [0.3, 0.4) is 0 Å². The molecule has 18 heavy (non-hydrogen) atoms. The lowest BCUT2D eigenvalue weighted by Crippen LogP contribution is -2.31. The SMILES string of the molecule is CC(C)N(C)CCNc1nc2cc(Cl)ccc2s1. The molecule has 3 nitrogen and oxygen atoms in total. The molecule has 1 aromatic heterocycles.